The van der Waals surface area contributed by atoms with Gasteiger partial charge in [-0.15, -0.1) is 11.3 Å². The predicted molar refractivity (Wildman–Crippen MR) is 96.7 cm³/mol. The van der Waals surface area contributed by atoms with Crippen LogP contribution in [0.3, 0.4) is 0 Å². The average Bonchev–Trinajstić information content (AvgIpc) is 3.15. The molecule has 0 saturated carbocycles. The lowest BCUT2D eigenvalue weighted by Gasteiger charge is -2.20. The second-order valence-electron chi connectivity index (χ2n) is 5.96. The van der Waals surface area contributed by atoms with Crippen molar-refractivity contribution in [3.63, 3.8) is 0 Å². The Hall–Kier alpha value is -2.38. The summed E-state index contributed by atoms with van der Waals surface area (Å²) in [4.78, 5) is 38.8. The van der Waals surface area contributed by atoms with Crippen molar-refractivity contribution in [3.05, 3.63) is 51.2 Å². The highest BCUT2D eigenvalue weighted by Crippen LogP contribution is 2.31. The molecule has 1 aliphatic heterocycles. The fraction of sp³-hybridized carbons (Fsp3) is 0.235. The van der Waals surface area contributed by atoms with Crippen LogP contribution in [0.1, 0.15) is 17.4 Å². The first-order valence-corrected chi connectivity index (χ1v) is 8.81. The average molecular weight is 378 g/mol. The van der Waals surface area contributed by atoms with Gasteiger partial charge in [0.2, 0.25) is 5.91 Å². The standard InChI is InChI=1S/C17H16ClN3O3S/c1-10-5-6-12(11(18)8-10)19-14(22)9-21-15(23)17(2,20-16(21)24)13-4-3-7-25-13/h3-8H,9H2,1-2H3,(H,19,22)(H,20,24). The van der Waals surface area contributed by atoms with Crippen LogP contribution in [0.15, 0.2) is 35.7 Å². The van der Waals surface area contributed by atoms with Crippen molar-refractivity contribution < 1.29 is 14.4 Å². The van der Waals surface area contributed by atoms with Crippen molar-refractivity contribution in [2.45, 2.75) is 19.4 Å². The van der Waals surface area contributed by atoms with Crippen LogP contribution in [0.2, 0.25) is 5.02 Å². The molecule has 6 nitrogen and oxygen atoms in total. The van der Waals surface area contributed by atoms with Crippen LogP contribution in [-0.4, -0.2) is 29.3 Å². The van der Waals surface area contributed by atoms with Crippen molar-refractivity contribution in [3.8, 4) is 0 Å². The summed E-state index contributed by atoms with van der Waals surface area (Å²) < 4.78 is 0. The Morgan fingerprint density at radius 2 is 2.12 bits per heavy atom. The Bertz CT molecular complexity index is 853. The number of hydrogen-bond acceptors (Lipinski definition) is 4. The molecule has 3 rings (SSSR count). The first-order valence-electron chi connectivity index (χ1n) is 7.55. The summed E-state index contributed by atoms with van der Waals surface area (Å²) in [6, 6.07) is 8.20. The smallest absolute Gasteiger partial charge is 0.323 e. The molecule has 0 radical (unpaired) electrons. The zero-order chi connectivity index (χ0) is 18.2. The van der Waals surface area contributed by atoms with Gasteiger partial charge in [-0.2, -0.15) is 0 Å². The molecular weight excluding hydrogens is 362 g/mol. The molecule has 4 amide bonds. The van der Waals surface area contributed by atoms with Gasteiger partial charge in [0.05, 0.1) is 10.7 Å². The molecule has 130 valence electrons. The van der Waals surface area contributed by atoms with Gasteiger partial charge in [0.25, 0.3) is 5.91 Å². The van der Waals surface area contributed by atoms with Crippen LogP contribution in [0.4, 0.5) is 10.5 Å². The maximum absolute atomic E-state index is 12.7. The molecule has 1 aliphatic rings. The van der Waals surface area contributed by atoms with E-state index in [0.29, 0.717) is 10.7 Å². The molecule has 1 unspecified atom stereocenters. The molecule has 2 N–H and O–H groups in total. The van der Waals surface area contributed by atoms with E-state index in [-0.39, 0.29) is 6.54 Å². The molecule has 8 heteroatoms. The summed E-state index contributed by atoms with van der Waals surface area (Å²) >= 11 is 7.46. The second-order valence-corrected chi connectivity index (χ2v) is 7.31. The van der Waals surface area contributed by atoms with E-state index in [1.807, 2.05) is 18.4 Å². The zero-order valence-electron chi connectivity index (χ0n) is 13.6. The Kier molecular flexibility index (Phi) is 4.53. The Morgan fingerprint density at radius 1 is 1.36 bits per heavy atom. The second kappa shape index (κ2) is 6.50. The molecule has 1 fully saturated rings. The number of anilines is 1. The number of nitrogens with one attached hydrogen (secondary N) is 2. The van der Waals surface area contributed by atoms with Gasteiger partial charge in [0.15, 0.2) is 5.54 Å². The molecule has 1 atom stereocenters. The van der Waals surface area contributed by atoms with Crippen molar-refractivity contribution in [1.29, 1.82) is 0 Å². The number of carbonyl (C=O) groups is 3. The lowest BCUT2D eigenvalue weighted by molar-refractivity contribution is -0.133. The number of carbonyl (C=O) groups excluding carboxylic acids is 3. The Balaban J connectivity index is 1.73. The van der Waals surface area contributed by atoms with Gasteiger partial charge in [0, 0.05) is 4.88 Å². The van der Waals surface area contributed by atoms with Gasteiger partial charge in [-0.25, -0.2) is 4.79 Å². The molecule has 1 aromatic carbocycles. The lowest BCUT2D eigenvalue weighted by Crippen LogP contribution is -2.41. The van der Waals surface area contributed by atoms with E-state index in [9.17, 15) is 14.4 Å². The van der Waals surface area contributed by atoms with E-state index in [0.717, 1.165) is 15.3 Å². The molecular formula is C17H16ClN3O3S. The van der Waals surface area contributed by atoms with Gasteiger partial charge in [0.1, 0.15) is 6.54 Å². The van der Waals surface area contributed by atoms with Crippen molar-refractivity contribution in [2.75, 3.05) is 11.9 Å². The minimum Gasteiger partial charge on any atom is -0.323 e. The number of nitrogens with zero attached hydrogens (tertiary/aromatic N) is 1. The van der Waals surface area contributed by atoms with Crippen LogP contribution in [0, 0.1) is 6.92 Å². The third-order valence-corrected chi connectivity index (χ3v) is 5.39. The molecule has 0 bridgehead atoms. The highest BCUT2D eigenvalue weighted by atomic mass is 35.5. The van der Waals surface area contributed by atoms with E-state index >= 15 is 0 Å². The molecule has 1 saturated heterocycles. The number of amides is 4. The molecule has 0 aliphatic carbocycles. The topological polar surface area (TPSA) is 78.5 Å². The van der Waals surface area contributed by atoms with Crippen LogP contribution in [0.5, 0.6) is 0 Å². The number of benzene rings is 1. The van der Waals surface area contributed by atoms with Gasteiger partial charge < -0.3 is 10.6 Å². The van der Waals surface area contributed by atoms with Gasteiger partial charge >= 0.3 is 6.03 Å². The minimum absolute atomic E-state index is 0.379. The third-order valence-electron chi connectivity index (χ3n) is 3.99. The molecule has 0 spiro atoms. The first kappa shape index (κ1) is 17.4. The van der Waals surface area contributed by atoms with E-state index in [2.05, 4.69) is 10.6 Å². The fourth-order valence-corrected chi connectivity index (χ4v) is 3.74. The molecule has 2 aromatic rings. The van der Waals surface area contributed by atoms with Crippen molar-refractivity contribution in [2.24, 2.45) is 0 Å². The third kappa shape index (κ3) is 3.25. The lowest BCUT2D eigenvalue weighted by atomic mass is 10.0. The molecule has 1 aromatic heterocycles. The first-order chi connectivity index (χ1) is 11.8. The number of rotatable bonds is 4. The molecule has 25 heavy (non-hydrogen) atoms. The van der Waals surface area contributed by atoms with Crippen molar-refractivity contribution >= 4 is 46.5 Å². The normalized spacial score (nSPS) is 19.9. The summed E-state index contributed by atoms with van der Waals surface area (Å²) in [6.45, 7) is 3.14. The fourth-order valence-electron chi connectivity index (χ4n) is 2.63. The summed E-state index contributed by atoms with van der Waals surface area (Å²) in [5.74, 6) is -0.949. The summed E-state index contributed by atoms with van der Waals surface area (Å²) in [5, 5.41) is 7.51. The Morgan fingerprint density at radius 3 is 2.76 bits per heavy atom. The summed E-state index contributed by atoms with van der Waals surface area (Å²) in [6.07, 6.45) is 0. The number of hydrogen-bond donors (Lipinski definition) is 2. The van der Waals surface area contributed by atoms with Crippen LogP contribution in [-0.2, 0) is 15.1 Å². The highest BCUT2D eigenvalue weighted by Gasteiger charge is 2.50. The van der Waals surface area contributed by atoms with Crippen LogP contribution < -0.4 is 10.6 Å². The largest absolute Gasteiger partial charge is 0.325 e. The van der Waals surface area contributed by atoms with Crippen LogP contribution >= 0.6 is 22.9 Å². The highest BCUT2D eigenvalue weighted by molar-refractivity contribution is 7.10. The van der Waals surface area contributed by atoms with Gasteiger partial charge in [-0.1, -0.05) is 23.7 Å². The number of thiophene rings is 1. The summed E-state index contributed by atoms with van der Waals surface area (Å²) in [7, 11) is 0. The van der Waals surface area contributed by atoms with E-state index in [4.69, 9.17) is 11.6 Å². The minimum atomic E-state index is -1.15. The number of imide groups is 1. The molecule has 2 heterocycles. The van der Waals surface area contributed by atoms with Crippen LogP contribution in [0.25, 0.3) is 0 Å². The zero-order valence-corrected chi connectivity index (χ0v) is 15.2. The van der Waals surface area contributed by atoms with Gasteiger partial charge in [-0.3, -0.25) is 14.5 Å². The predicted octanol–water partition coefficient (Wildman–Crippen LogP) is 3.12. The van der Waals surface area contributed by atoms with E-state index < -0.39 is 23.4 Å². The van der Waals surface area contributed by atoms with E-state index in [1.165, 1.54) is 11.3 Å². The maximum Gasteiger partial charge on any atom is 0.325 e. The monoisotopic (exact) mass is 377 g/mol. The number of urea groups is 1. The SMILES string of the molecule is Cc1ccc(NC(=O)CN2C(=O)NC(C)(c3cccs3)C2=O)c(Cl)c1. The van der Waals surface area contributed by atoms with Gasteiger partial charge in [-0.05, 0) is 43.0 Å². The Labute approximate surface area is 153 Å². The maximum atomic E-state index is 12.7. The summed E-state index contributed by atoms with van der Waals surface area (Å²) in [5.41, 5.74) is 0.252. The van der Waals surface area contributed by atoms with Crippen molar-refractivity contribution in [1.82, 2.24) is 10.2 Å². The number of aryl methyl sites for hydroxylation is 1. The quantitative estimate of drug-likeness (QED) is 0.803. The number of halogens is 1. The van der Waals surface area contributed by atoms with E-state index in [1.54, 1.807) is 31.2 Å².